The summed E-state index contributed by atoms with van der Waals surface area (Å²) in [6.45, 7) is 0. The predicted octanol–water partition coefficient (Wildman–Crippen LogP) is 1.95. The quantitative estimate of drug-likeness (QED) is 0.735. The van der Waals surface area contributed by atoms with Crippen LogP contribution in [0.3, 0.4) is 0 Å². The van der Waals surface area contributed by atoms with Gasteiger partial charge in [-0.15, -0.1) is 0 Å². The summed E-state index contributed by atoms with van der Waals surface area (Å²) in [5.41, 5.74) is -1.79. The molecule has 1 aromatic carbocycles. The molecule has 0 radical (unpaired) electrons. The van der Waals surface area contributed by atoms with Crippen molar-refractivity contribution in [1.82, 2.24) is 0 Å². The molecule has 0 bridgehead atoms. The molecule has 0 unspecified atom stereocenters. The Kier molecular flexibility index (Phi) is 4.03. The van der Waals surface area contributed by atoms with E-state index in [1.165, 1.54) is 12.1 Å². The summed E-state index contributed by atoms with van der Waals surface area (Å²) in [7, 11) is 3.10. The SMILES string of the molecule is COC1(OC)CCC(O)(c2cc(=O)c3c(O)cc(O)cc3o2)CC1. The second-order valence-corrected chi connectivity index (χ2v) is 6.16. The zero-order valence-corrected chi connectivity index (χ0v) is 13.5. The van der Waals surface area contributed by atoms with Crippen LogP contribution in [-0.4, -0.2) is 35.3 Å². The average Bonchev–Trinajstić information content (AvgIpc) is 2.55. The highest BCUT2D eigenvalue weighted by molar-refractivity contribution is 5.84. The van der Waals surface area contributed by atoms with Crippen molar-refractivity contribution in [2.24, 2.45) is 0 Å². The van der Waals surface area contributed by atoms with E-state index in [-0.39, 0.29) is 41.1 Å². The maximum absolute atomic E-state index is 12.3. The smallest absolute Gasteiger partial charge is 0.196 e. The molecular weight excluding hydrogens is 316 g/mol. The van der Waals surface area contributed by atoms with Crippen molar-refractivity contribution in [1.29, 1.82) is 0 Å². The second kappa shape index (κ2) is 5.77. The molecule has 7 nitrogen and oxygen atoms in total. The molecule has 1 saturated carbocycles. The van der Waals surface area contributed by atoms with Crippen molar-refractivity contribution in [3.8, 4) is 11.5 Å². The lowest BCUT2D eigenvalue weighted by atomic mass is 9.79. The minimum absolute atomic E-state index is 0.0266. The molecule has 1 aliphatic rings. The number of ether oxygens (including phenoxy) is 2. The highest BCUT2D eigenvalue weighted by Crippen LogP contribution is 2.43. The first kappa shape index (κ1) is 16.8. The molecule has 1 aliphatic carbocycles. The van der Waals surface area contributed by atoms with Gasteiger partial charge in [0.25, 0.3) is 0 Å². The van der Waals surface area contributed by atoms with Gasteiger partial charge in [-0.05, 0) is 12.8 Å². The molecule has 0 spiro atoms. The summed E-state index contributed by atoms with van der Waals surface area (Å²) >= 11 is 0. The third-order valence-electron chi connectivity index (χ3n) is 4.84. The van der Waals surface area contributed by atoms with E-state index in [0.717, 1.165) is 6.07 Å². The third kappa shape index (κ3) is 2.64. The standard InChI is InChI=1S/C17H20O7/c1-22-17(23-2)5-3-16(21,4-6-17)14-9-12(20)15-11(19)7-10(18)8-13(15)24-14/h7-9,18-19,21H,3-6H2,1-2H3. The predicted molar refractivity (Wildman–Crippen MR) is 84.9 cm³/mol. The molecule has 0 amide bonds. The summed E-state index contributed by atoms with van der Waals surface area (Å²) in [6.07, 6.45) is 1.44. The maximum atomic E-state index is 12.3. The number of rotatable bonds is 3. The summed E-state index contributed by atoms with van der Waals surface area (Å²) < 4.78 is 16.4. The number of hydrogen-bond donors (Lipinski definition) is 3. The first-order chi connectivity index (χ1) is 11.3. The van der Waals surface area contributed by atoms with Crippen LogP contribution >= 0.6 is 0 Å². The van der Waals surface area contributed by atoms with Crippen LogP contribution in [0.15, 0.2) is 27.4 Å². The normalized spacial score (nSPS) is 19.5. The van der Waals surface area contributed by atoms with Crippen molar-refractivity contribution in [3.63, 3.8) is 0 Å². The van der Waals surface area contributed by atoms with Gasteiger partial charge in [-0.3, -0.25) is 4.79 Å². The van der Waals surface area contributed by atoms with Crippen LogP contribution in [0.4, 0.5) is 0 Å². The van der Waals surface area contributed by atoms with E-state index in [0.29, 0.717) is 12.8 Å². The van der Waals surface area contributed by atoms with Crippen molar-refractivity contribution >= 4 is 11.0 Å². The van der Waals surface area contributed by atoms with E-state index >= 15 is 0 Å². The van der Waals surface area contributed by atoms with Crippen LogP contribution in [-0.2, 0) is 15.1 Å². The lowest BCUT2D eigenvalue weighted by Gasteiger charge is -2.41. The van der Waals surface area contributed by atoms with Gasteiger partial charge in [0.05, 0.1) is 0 Å². The van der Waals surface area contributed by atoms with Crippen LogP contribution < -0.4 is 5.43 Å². The van der Waals surface area contributed by atoms with Gasteiger partial charge in [-0.2, -0.15) is 0 Å². The topological polar surface area (TPSA) is 109 Å². The molecule has 2 aromatic rings. The Bertz CT molecular complexity index is 810. The number of aliphatic hydroxyl groups is 1. The molecule has 130 valence electrons. The zero-order valence-electron chi connectivity index (χ0n) is 13.5. The fourth-order valence-corrected chi connectivity index (χ4v) is 3.27. The minimum Gasteiger partial charge on any atom is -0.508 e. The van der Waals surface area contributed by atoms with Gasteiger partial charge in [0, 0.05) is 45.3 Å². The van der Waals surface area contributed by atoms with Gasteiger partial charge in [0.2, 0.25) is 0 Å². The third-order valence-corrected chi connectivity index (χ3v) is 4.84. The Morgan fingerprint density at radius 1 is 1.04 bits per heavy atom. The maximum Gasteiger partial charge on any atom is 0.196 e. The van der Waals surface area contributed by atoms with E-state index in [4.69, 9.17) is 13.9 Å². The van der Waals surface area contributed by atoms with E-state index in [1.807, 2.05) is 0 Å². The van der Waals surface area contributed by atoms with Crippen LogP contribution in [0.1, 0.15) is 31.4 Å². The van der Waals surface area contributed by atoms with Crippen molar-refractivity contribution < 1.29 is 29.2 Å². The van der Waals surface area contributed by atoms with Gasteiger partial charge in [-0.25, -0.2) is 0 Å². The first-order valence-electron chi connectivity index (χ1n) is 7.65. The Hall–Kier alpha value is -2.09. The number of phenolic OH excluding ortho intramolecular Hbond substituents is 2. The Morgan fingerprint density at radius 3 is 2.25 bits per heavy atom. The highest BCUT2D eigenvalue weighted by Gasteiger charge is 2.45. The van der Waals surface area contributed by atoms with Crippen LogP contribution in [0.2, 0.25) is 0 Å². The van der Waals surface area contributed by atoms with Crippen LogP contribution in [0.5, 0.6) is 11.5 Å². The first-order valence-corrected chi connectivity index (χ1v) is 7.65. The molecule has 0 aliphatic heterocycles. The monoisotopic (exact) mass is 336 g/mol. The van der Waals surface area contributed by atoms with Crippen LogP contribution in [0, 0.1) is 0 Å². The molecule has 0 atom stereocenters. The molecule has 24 heavy (non-hydrogen) atoms. The number of phenols is 2. The summed E-state index contributed by atoms with van der Waals surface area (Å²) in [5, 5.41) is 30.3. The van der Waals surface area contributed by atoms with Crippen LogP contribution in [0.25, 0.3) is 11.0 Å². The Balaban J connectivity index is 2.03. The average molecular weight is 336 g/mol. The highest BCUT2D eigenvalue weighted by atomic mass is 16.7. The minimum atomic E-state index is -1.34. The van der Waals surface area contributed by atoms with Crippen molar-refractivity contribution in [2.75, 3.05) is 14.2 Å². The van der Waals surface area contributed by atoms with Gasteiger partial charge >= 0.3 is 0 Å². The molecule has 1 heterocycles. The number of hydrogen-bond acceptors (Lipinski definition) is 7. The van der Waals surface area contributed by atoms with E-state index < -0.39 is 16.8 Å². The lowest BCUT2D eigenvalue weighted by Crippen LogP contribution is -2.44. The molecule has 0 saturated heterocycles. The van der Waals surface area contributed by atoms with E-state index in [9.17, 15) is 20.1 Å². The Labute approximate surface area is 138 Å². The second-order valence-electron chi connectivity index (χ2n) is 6.16. The number of aromatic hydroxyl groups is 2. The largest absolute Gasteiger partial charge is 0.508 e. The summed E-state index contributed by atoms with van der Waals surface area (Å²) in [5.74, 6) is -1.24. The van der Waals surface area contributed by atoms with Crippen molar-refractivity contribution in [2.45, 2.75) is 37.1 Å². The summed E-state index contributed by atoms with van der Waals surface area (Å²) in [6, 6.07) is 3.49. The number of methoxy groups -OCH3 is 2. The lowest BCUT2D eigenvalue weighted by molar-refractivity contribution is -0.244. The molecule has 1 fully saturated rings. The molecule has 3 N–H and O–H groups in total. The number of fused-ring (bicyclic) bond motifs is 1. The van der Waals surface area contributed by atoms with E-state index in [1.54, 1.807) is 14.2 Å². The van der Waals surface area contributed by atoms with Gasteiger partial charge < -0.3 is 29.2 Å². The molecule has 1 aromatic heterocycles. The molecule has 3 rings (SSSR count). The summed E-state index contributed by atoms with van der Waals surface area (Å²) in [4.78, 5) is 12.3. The molecule has 7 heteroatoms. The Morgan fingerprint density at radius 2 is 1.67 bits per heavy atom. The fraction of sp³-hybridized carbons (Fsp3) is 0.471. The van der Waals surface area contributed by atoms with Gasteiger partial charge in [-0.1, -0.05) is 0 Å². The molecular formula is C17H20O7. The van der Waals surface area contributed by atoms with E-state index in [2.05, 4.69) is 0 Å². The number of benzene rings is 1. The van der Waals surface area contributed by atoms with Gasteiger partial charge in [0.15, 0.2) is 11.2 Å². The zero-order chi connectivity index (χ0) is 17.5. The van der Waals surface area contributed by atoms with Gasteiger partial charge in [0.1, 0.15) is 33.8 Å². The fourth-order valence-electron chi connectivity index (χ4n) is 3.27. The van der Waals surface area contributed by atoms with Crippen molar-refractivity contribution in [3.05, 3.63) is 34.2 Å².